The Balaban J connectivity index is 1.52. The number of carbonyl (C=O) groups is 2. The molecule has 3 rings (SSSR count). The van der Waals surface area contributed by atoms with E-state index in [2.05, 4.69) is 23.2 Å². The third kappa shape index (κ3) is 6.36. The van der Waals surface area contributed by atoms with Crippen molar-refractivity contribution >= 4 is 12.0 Å². The van der Waals surface area contributed by atoms with E-state index < -0.39 is 0 Å². The van der Waals surface area contributed by atoms with Crippen molar-refractivity contribution in [1.29, 1.82) is 0 Å². The minimum Gasteiger partial charge on any atom is -0.489 e. The van der Waals surface area contributed by atoms with Crippen LogP contribution in [0.5, 0.6) is 5.75 Å². The van der Waals surface area contributed by atoms with Gasteiger partial charge in [0, 0.05) is 37.8 Å². The molecule has 2 aliphatic rings. The van der Waals surface area contributed by atoms with Crippen LogP contribution in [0.1, 0.15) is 51.5 Å². The molecule has 0 aliphatic carbocycles. The van der Waals surface area contributed by atoms with Gasteiger partial charge in [0.1, 0.15) is 11.9 Å². The van der Waals surface area contributed by atoms with E-state index in [-0.39, 0.29) is 24.1 Å². The fourth-order valence-electron chi connectivity index (χ4n) is 4.16. The Kier molecular flexibility index (Phi) is 8.37. The minimum absolute atomic E-state index is 0.0400. The van der Waals surface area contributed by atoms with Crippen LogP contribution in [-0.4, -0.2) is 66.7 Å². The number of para-hydroxylation sites is 1. The number of hydrogen-bond acceptors (Lipinski definition) is 5. The van der Waals surface area contributed by atoms with Gasteiger partial charge < -0.3 is 19.7 Å². The summed E-state index contributed by atoms with van der Waals surface area (Å²) in [5.41, 5.74) is 1.13. The summed E-state index contributed by atoms with van der Waals surface area (Å²) in [5, 5.41) is 3.16. The van der Waals surface area contributed by atoms with Crippen LogP contribution in [0.4, 0.5) is 4.79 Å². The highest BCUT2D eigenvalue weighted by Crippen LogP contribution is 2.26. The number of likely N-dealkylation sites (tertiary alicyclic amines) is 1. The lowest BCUT2D eigenvalue weighted by molar-refractivity contribution is -0.123. The molecule has 0 bridgehead atoms. The fraction of sp³-hybridized carbons (Fsp3) is 0.652. The number of unbranched alkanes of at least 4 members (excludes halogenated alkanes) is 1. The van der Waals surface area contributed by atoms with Crippen molar-refractivity contribution in [2.45, 2.75) is 64.6 Å². The highest BCUT2D eigenvalue weighted by atomic mass is 16.6. The Morgan fingerprint density at radius 1 is 1.20 bits per heavy atom. The molecule has 0 saturated carbocycles. The molecule has 1 saturated heterocycles. The lowest BCUT2D eigenvalue weighted by Gasteiger charge is -2.32. The number of amides is 2. The van der Waals surface area contributed by atoms with Gasteiger partial charge in [-0.1, -0.05) is 31.5 Å². The van der Waals surface area contributed by atoms with Crippen LogP contribution in [0.2, 0.25) is 0 Å². The number of piperidine rings is 1. The lowest BCUT2D eigenvalue weighted by atomic mass is 10.1. The van der Waals surface area contributed by atoms with E-state index >= 15 is 0 Å². The first kappa shape index (κ1) is 22.4. The quantitative estimate of drug-likeness (QED) is 0.738. The first-order chi connectivity index (χ1) is 14.6. The maximum absolute atomic E-state index is 12.7. The smallest absolute Gasteiger partial charge is 0.409 e. The third-order valence-corrected chi connectivity index (χ3v) is 5.75. The van der Waals surface area contributed by atoms with Gasteiger partial charge in [0.25, 0.3) is 0 Å². The Hall–Kier alpha value is -2.28. The van der Waals surface area contributed by atoms with E-state index in [9.17, 15) is 9.59 Å². The highest BCUT2D eigenvalue weighted by molar-refractivity contribution is 5.78. The fourth-order valence-corrected chi connectivity index (χ4v) is 4.16. The van der Waals surface area contributed by atoms with Gasteiger partial charge in [0.05, 0.1) is 13.2 Å². The summed E-state index contributed by atoms with van der Waals surface area (Å²) in [4.78, 5) is 28.5. The van der Waals surface area contributed by atoms with Crippen molar-refractivity contribution in [1.82, 2.24) is 15.1 Å². The maximum atomic E-state index is 12.7. The molecule has 1 aromatic carbocycles. The predicted octanol–water partition coefficient (Wildman–Crippen LogP) is 3.18. The van der Waals surface area contributed by atoms with Crippen molar-refractivity contribution in [3.63, 3.8) is 0 Å². The molecule has 0 unspecified atom stereocenters. The number of benzene rings is 1. The molecular weight excluding hydrogens is 382 g/mol. The van der Waals surface area contributed by atoms with Crippen molar-refractivity contribution in [3.8, 4) is 5.75 Å². The van der Waals surface area contributed by atoms with Crippen LogP contribution in [0.3, 0.4) is 0 Å². The molecule has 7 heteroatoms. The molecule has 0 spiro atoms. The van der Waals surface area contributed by atoms with Crippen molar-refractivity contribution in [3.05, 3.63) is 29.8 Å². The summed E-state index contributed by atoms with van der Waals surface area (Å²) in [5.74, 6) is 0.978. The van der Waals surface area contributed by atoms with Crippen LogP contribution in [-0.2, 0) is 16.1 Å². The molecule has 1 N–H and O–H groups in total. The zero-order valence-corrected chi connectivity index (χ0v) is 18.3. The van der Waals surface area contributed by atoms with Crippen molar-refractivity contribution in [2.24, 2.45) is 0 Å². The molecule has 7 nitrogen and oxygen atoms in total. The average Bonchev–Trinajstić information content (AvgIpc) is 2.91. The second-order valence-electron chi connectivity index (χ2n) is 8.19. The number of rotatable bonds is 7. The molecular formula is C23H35N3O4. The Morgan fingerprint density at radius 2 is 1.97 bits per heavy atom. The maximum Gasteiger partial charge on any atom is 0.409 e. The summed E-state index contributed by atoms with van der Waals surface area (Å²) in [6.45, 7) is 7.45. The van der Waals surface area contributed by atoms with Gasteiger partial charge in [0.15, 0.2) is 0 Å². The van der Waals surface area contributed by atoms with Gasteiger partial charge in [-0.2, -0.15) is 0 Å². The number of ether oxygens (including phenoxy) is 2. The van der Waals surface area contributed by atoms with Crippen LogP contribution in [0.25, 0.3) is 0 Å². The summed E-state index contributed by atoms with van der Waals surface area (Å²) in [6, 6.07) is 8.22. The number of carbonyl (C=O) groups excluding carboxylic acids is 2. The second kappa shape index (κ2) is 11.2. The standard InChI is InChI=1S/C23H35N3O4/c1-3-5-9-20-16-25(15-18-8-6-7-10-21(18)30-20)17-22(27)24-19-11-13-26(14-12-19)23(28)29-4-2/h6-8,10,19-20H,3-5,9,11-17H2,1-2H3,(H,24,27)/t20-/m0/s1. The molecule has 1 atom stereocenters. The van der Waals surface area contributed by atoms with Gasteiger partial charge in [-0.05, 0) is 38.7 Å². The van der Waals surface area contributed by atoms with E-state index in [0.717, 1.165) is 50.0 Å². The number of fused-ring (bicyclic) bond motifs is 1. The summed E-state index contributed by atoms with van der Waals surface area (Å²) >= 11 is 0. The zero-order chi connectivity index (χ0) is 21.3. The van der Waals surface area contributed by atoms with Gasteiger partial charge in [-0.3, -0.25) is 9.69 Å². The Morgan fingerprint density at radius 3 is 2.70 bits per heavy atom. The van der Waals surface area contributed by atoms with E-state index in [0.29, 0.717) is 32.8 Å². The van der Waals surface area contributed by atoms with Crippen LogP contribution < -0.4 is 10.1 Å². The molecule has 166 valence electrons. The number of nitrogens with zero attached hydrogens (tertiary/aromatic N) is 2. The van der Waals surface area contributed by atoms with Gasteiger partial charge in [0.2, 0.25) is 5.91 Å². The largest absolute Gasteiger partial charge is 0.489 e. The molecule has 2 amide bonds. The highest BCUT2D eigenvalue weighted by Gasteiger charge is 2.27. The van der Waals surface area contributed by atoms with Crippen LogP contribution in [0, 0.1) is 0 Å². The van der Waals surface area contributed by atoms with E-state index in [1.54, 1.807) is 4.90 Å². The molecule has 2 aliphatic heterocycles. The molecule has 30 heavy (non-hydrogen) atoms. The normalized spacial score (nSPS) is 20.1. The average molecular weight is 418 g/mol. The molecule has 0 radical (unpaired) electrons. The van der Waals surface area contributed by atoms with Crippen molar-refractivity contribution in [2.75, 3.05) is 32.8 Å². The van der Waals surface area contributed by atoms with Crippen LogP contribution in [0.15, 0.2) is 24.3 Å². The summed E-state index contributed by atoms with van der Waals surface area (Å²) in [7, 11) is 0. The molecule has 1 aromatic rings. The van der Waals surface area contributed by atoms with Gasteiger partial charge in [-0.15, -0.1) is 0 Å². The van der Waals surface area contributed by atoms with E-state index in [4.69, 9.17) is 9.47 Å². The van der Waals surface area contributed by atoms with Crippen molar-refractivity contribution < 1.29 is 19.1 Å². The van der Waals surface area contributed by atoms with Gasteiger partial charge >= 0.3 is 6.09 Å². The SMILES string of the molecule is CCCC[C@H]1CN(CC(=O)NC2CCN(C(=O)OCC)CC2)Cc2ccccc2O1. The van der Waals surface area contributed by atoms with Gasteiger partial charge in [-0.25, -0.2) is 4.79 Å². The minimum atomic E-state index is -0.261. The number of nitrogens with one attached hydrogen (secondary N) is 1. The van der Waals surface area contributed by atoms with Crippen LogP contribution >= 0.6 is 0 Å². The molecule has 1 fully saturated rings. The van der Waals surface area contributed by atoms with E-state index in [1.807, 2.05) is 25.1 Å². The first-order valence-corrected chi connectivity index (χ1v) is 11.3. The lowest BCUT2D eigenvalue weighted by Crippen LogP contribution is -2.49. The second-order valence-corrected chi connectivity index (χ2v) is 8.19. The predicted molar refractivity (Wildman–Crippen MR) is 115 cm³/mol. The number of hydrogen-bond donors (Lipinski definition) is 1. The summed E-state index contributed by atoms with van der Waals surface area (Å²) in [6.07, 6.45) is 4.61. The zero-order valence-electron chi connectivity index (χ0n) is 18.3. The van der Waals surface area contributed by atoms with E-state index in [1.165, 1.54) is 0 Å². The summed E-state index contributed by atoms with van der Waals surface area (Å²) < 4.78 is 11.3. The monoisotopic (exact) mass is 417 g/mol. The topological polar surface area (TPSA) is 71.1 Å². The molecule has 2 heterocycles. The third-order valence-electron chi connectivity index (χ3n) is 5.75. The Bertz CT molecular complexity index is 703. The Labute approximate surface area is 179 Å². The molecule has 0 aromatic heterocycles. The first-order valence-electron chi connectivity index (χ1n) is 11.3.